The van der Waals surface area contributed by atoms with E-state index in [0.717, 1.165) is 11.3 Å². The monoisotopic (exact) mass is 246 g/mol. The van der Waals surface area contributed by atoms with Crippen LogP contribution in [0.3, 0.4) is 0 Å². The average molecular weight is 246 g/mol. The summed E-state index contributed by atoms with van der Waals surface area (Å²) in [6.07, 6.45) is 5.23. The van der Waals surface area contributed by atoms with Crippen molar-refractivity contribution in [3.8, 4) is 22.4 Å². The number of hydrogen-bond donors (Lipinski definition) is 0. The first-order chi connectivity index (χ1) is 9.34. The second kappa shape index (κ2) is 5.02. The Balaban J connectivity index is 2.21. The van der Waals surface area contributed by atoms with Crippen molar-refractivity contribution in [3.63, 3.8) is 0 Å². The maximum absolute atomic E-state index is 4.41. The molecule has 0 aliphatic rings. The largest absolute Gasteiger partial charge is 0.261 e. The number of nitrogens with zero attached hydrogens (tertiary/aromatic N) is 2. The lowest BCUT2D eigenvalue weighted by atomic mass is 9.96. The van der Waals surface area contributed by atoms with Gasteiger partial charge < -0.3 is 0 Å². The third-order valence-corrected chi connectivity index (χ3v) is 3.10. The molecule has 0 amide bonds. The molecule has 19 heavy (non-hydrogen) atoms. The molecule has 1 heterocycles. The van der Waals surface area contributed by atoms with Crippen LogP contribution in [-0.4, -0.2) is 9.97 Å². The molecule has 3 aromatic rings. The van der Waals surface area contributed by atoms with E-state index in [1.54, 1.807) is 18.6 Å². The quantitative estimate of drug-likeness (QED) is 0.679. The van der Waals surface area contributed by atoms with Crippen molar-refractivity contribution < 1.29 is 0 Å². The highest BCUT2D eigenvalue weighted by atomic mass is 14.8. The summed E-state index contributed by atoms with van der Waals surface area (Å²) in [5.41, 5.74) is 5.64. The summed E-state index contributed by atoms with van der Waals surface area (Å²) in [7, 11) is 0. The Kier molecular flexibility index (Phi) is 3.07. The molecule has 0 radical (unpaired) electrons. The van der Waals surface area contributed by atoms with Crippen LogP contribution in [0.5, 0.6) is 0 Å². The number of aryl methyl sites for hydroxylation is 1. The van der Waals surface area contributed by atoms with Crippen molar-refractivity contribution in [2.24, 2.45) is 0 Å². The zero-order valence-electron chi connectivity index (χ0n) is 10.7. The zero-order chi connectivity index (χ0) is 13.1. The summed E-state index contributed by atoms with van der Waals surface area (Å²) in [4.78, 5) is 8.58. The van der Waals surface area contributed by atoms with Gasteiger partial charge in [-0.25, -0.2) is 0 Å². The molecule has 0 atom stereocenters. The SMILES string of the molecule is Cc1ccc(-c2ccccc2)c(-c2cnccn2)c1. The standard InChI is InChI=1S/C17H14N2/c1-13-7-8-15(14-5-3-2-4-6-14)16(11-13)17-12-18-9-10-19-17/h2-12H,1H3. The van der Waals surface area contributed by atoms with Gasteiger partial charge in [0.1, 0.15) is 0 Å². The van der Waals surface area contributed by atoms with E-state index >= 15 is 0 Å². The van der Waals surface area contributed by atoms with E-state index in [1.807, 2.05) is 6.07 Å². The molecule has 2 aromatic carbocycles. The Labute approximate surface area is 112 Å². The maximum atomic E-state index is 4.41. The van der Waals surface area contributed by atoms with E-state index in [1.165, 1.54) is 16.7 Å². The smallest absolute Gasteiger partial charge is 0.0891 e. The minimum absolute atomic E-state index is 0.907. The molecule has 0 saturated heterocycles. The van der Waals surface area contributed by atoms with E-state index in [4.69, 9.17) is 0 Å². The summed E-state index contributed by atoms with van der Waals surface area (Å²) >= 11 is 0. The van der Waals surface area contributed by atoms with Gasteiger partial charge in [0.25, 0.3) is 0 Å². The number of aromatic nitrogens is 2. The predicted octanol–water partition coefficient (Wildman–Crippen LogP) is 4.12. The minimum Gasteiger partial charge on any atom is -0.261 e. The Hall–Kier alpha value is -2.48. The van der Waals surface area contributed by atoms with Crippen LogP contribution in [0.15, 0.2) is 67.1 Å². The molecule has 0 aliphatic heterocycles. The minimum atomic E-state index is 0.907. The number of benzene rings is 2. The van der Waals surface area contributed by atoms with Crippen molar-refractivity contribution in [1.82, 2.24) is 9.97 Å². The molecule has 0 fully saturated rings. The van der Waals surface area contributed by atoms with Gasteiger partial charge in [-0.1, -0.05) is 48.0 Å². The first kappa shape index (κ1) is 11.6. The van der Waals surface area contributed by atoms with Crippen molar-refractivity contribution in [2.45, 2.75) is 6.92 Å². The van der Waals surface area contributed by atoms with Crippen molar-refractivity contribution in [1.29, 1.82) is 0 Å². The van der Waals surface area contributed by atoms with Crippen molar-refractivity contribution >= 4 is 0 Å². The molecule has 0 spiro atoms. The Morgan fingerprint density at radius 1 is 0.842 bits per heavy atom. The molecule has 0 saturated carbocycles. The van der Waals surface area contributed by atoms with E-state index < -0.39 is 0 Å². The van der Waals surface area contributed by atoms with Crippen LogP contribution in [0.1, 0.15) is 5.56 Å². The molecule has 2 heteroatoms. The third kappa shape index (κ3) is 2.38. The van der Waals surface area contributed by atoms with Crippen LogP contribution in [0.4, 0.5) is 0 Å². The first-order valence-electron chi connectivity index (χ1n) is 6.27. The van der Waals surface area contributed by atoms with E-state index in [9.17, 15) is 0 Å². The Morgan fingerprint density at radius 2 is 1.68 bits per heavy atom. The van der Waals surface area contributed by atoms with Crippen LogP contribution >= 0.6 is 0 Å². The topological polar surface area (TPSA) is 25.8 Å². The lowest BCUT2D eigenvalue weighted by Gasteiger charge is -2.10. The zero-order valence-corrected chi connectivity index (χ0v) is 10.7. The fourth-order valence-electron chi connectivity index (χ4n) is 2.18. The second-order valence-electron chi connectivity index (χ2n) is 4.51. The van der Waals surface area contributed by atoms with Gasteiger partial charge in [0.05, 0.1) is 11.9 Å². The summed E-state index contributed by atoms with van der Waals surface area (Å²) in [5, 5.41) is 0. The van der Waals surface area contributed by atoms with Gasteiger partial charge in [-0.15, -0.1) is 0 Å². The predicted molar refractivity (Wildman–Crippen MR) is 77.6 cm³/mol. The lowest BCUT2D eigenvalue weighted by molar-refractivity contribution is 1.20. The van der Waals surface area contributed by atoms with Gasteiger partial charge in [0.15, 0.2) is 0 Å². The molecule has 0 N–H and O–H groups in total. The van der Waals surface area contributed by atoms with Gasteiger partial charge in [-0.2, -0.15) is 0 Å². The summed E-state index contributed by atoms with van der Waals surface area (Å²) < 4.78 is 0. The number of rotatable bonds is 2. The molecular weight excluding hydrogens is 232 g/mol. The average Bonchev–Trinajstić information content (AvgIpc) is 2.49. The van der Waals surface area contributed by atoms with Crippen LogP contribution in [0, 0.1) is 6.92 Å². The van der Waals surface area contributed by atoms with Gasteiger partial charge in [-0.05, 0) is 24.1 Å². The van der Waals surface area contributed by atoms with Crippen LogP contribution in [0.25, 0.3) is 22.4 Å². The highest BCUT2D eigenvalue weighted by Gasteiger charge is 2.08. The van der Waals surface area contributed by atoms with Crippen molar-refractivity contribution in [3.05, 3.63) is 72.7 Å². The molecule has 0 aliphatic carbocycles. The summed E-state index contributed by atoms with van der Waals surface area (Å²) in [6.45, 7) is 2.09. The van der Waals surface area contributed by atoms with Gasteiger partial charge in [0.2, 0.25) is 0 Å². The fraction of sp³-hybridized carbons (Fsp3) is 0.0588. The Bertz CT molecular complexity index is 676. The van der Waals surface area contributed by atoms with Crippen LogP contribution in [0.2, 0.25) is 0 Å². The molecule has 92 valence electrons. The number of hydrogen-bond acceptors (Lipinski definition) is 2. The van der Waals surface area contributed by atoms with Crippen LogP contribution < -0.4 is 0 Å². The molecule has 0 unspecified atom stereocenters. The molecule has 2 nitrogen and oxygen atoms in total. The van der Waals surface area contributed by atoms with Gasteiger partial charge >= 0.3 is 0 Å². The Morgan fingerprint density at radius 3 is 2.42 bits per heavy atom. The lowest BCUT2D eigenvalue weighted by Crippen LogP contribution is -1.89. The van der Waals surface area contributed by atoms with E-state index in [-0.39, 0.29) is 0 Å². The highest BCUT2D eigenvalue weighted by molar-refractivity contribution is 5.82. The van der Waals surface area contributed by atoms with Gasteiger partial charge in [0, 0.05) is 18.0 Å². The first-order valence-corrected chi connectivity index (χ1v) is 6.27. The van der Waals surface area contributed by atoms with Gasteiger partial charge in [-0.3, -0.25) is 9.97 Å². The maximum Gasteiger partial charge on any atom is 0.0891 e. The molecular formula is C17H14N2. The van der Waals surface area contributed by atoms with Crippen molar-refractivity contribution in [2.75, 3.05) is 0 Å². The molecule has 0 bridgehead atoms. The van der Waals surface area contributed by atoms with E-state index in [0.29, 0.717) is 0 Å². The molecule has 1 aromatic heterocycles. The van der Waals surface area contributed by atoms with E-state index in [2.05, 4.69) is 59.4 Å². The van der Waals surface area contributed by atoms with Crippen LogP contribution in [-0.2, 0) is 0 Å². The summed E-state index contributed by atoms with van der Waals surface area (Å²) in [6, 6.07) is 16.8. The highest BCUT2D eigenvalue weighted by Crippen LogP contribution is 2.31. The molecule has 3 rings (SSSR count). The normalized spacial score (nSPS) is 10.4. The fourth-order valence-corrected chi connectivity index (χ4v) is 2.18. The second-order valence-corrected chi connectivity index (χ2v) is 4.51. The third-order valence-electron chi connectivity index (χ3n) is 3.10. The summed E-state index contributed by atoms with van der Waals surface area (Å²) in [5.74, 6) is 0.